The fourth-order valence-corrected chi connectivity index (χ4v) is 3.16. The molecule has 2 heterocycles. The van der Waals surface area contributed by atoms with Crippen LogP contribution in [0.1, 0.15) is 49.7 Å². The van der Waals surface area contributed by atoms with Crippen molar-refractivity contribution in [1.82, 2.24) is 14.9 Å². The summed E-state index contributed by atoms with van der Waals surface area (Å²) in [5.74, 6) is 2.56. The smallest absolute Gasteiger partial charge is 0.136 e. The summed E-state index contributed by atoms with van der Waals surface area (Å²) in [5.41, 5.74) is 2.04. The summed E-state index contributed by atoms with van der Waals surface area (Å²) in [6.45, 7) is 7.27. The number of ketones is 1. The van der Waals surface area contributed by atoms with E-state index in [1.165, 1.54) is 0 Å². The number of rotatable bonds is 5. The second kappa shape index (κ2) is 10.0. The van der Waals surface area contributed by atoms with Crippen molar-refractivity contribution in [3.63, 3.8) is 0 Å². The molecule has 0 saturated carbocycles. The van der Waals surface area contributed by atoms with Crippen LogP contribution in [-0.4, -0.2) is 41.4 Å². The van der Waals surface area contributed by atoms with Crippen molar-refractivity contribution in [3.05, 3.63) is 47.5 Å². The molecule has 1 aromatic carbocycles. The minimum absolute atomic E-state index is 0.00587. The molecule has 1 fully saturated rings. The number of piperidine rings is 1. The quantitative estimate of drug-likeness (QED) is 0.798. The van der Waals surface area contributed by atoms with Crippen molar-refractivity contribution in [3.8, 4) is 11.5 Å². The van der Waals surface area contributed by atoms with E-state index in [2.05, 4.69) is 14.9 Å². The van der Waals surface area contributed by atoms with E-state index in [4.69, 9.17) is 9.47 Å². The highest BCUT2D eigenvalue weighted by atomic mass is 16.5. The fraction of sp³-hybridized carbons (Fsp3) is 0.476. The Morgan fingerprint density at radius 1 is 1.15 bits per heavy atom. The lowest BCUT2D eigenvalue weighted by Gasteiger charge is -2.35. The van der Waals surface area contributed by atoms with Crippen LogP contribution in [0.5, 0.6) is 11.5 Å². The number of carbonyl (C=O) groups is 1. The number of likely N-dealkylation sites (tertiary alicyclic amines) is 1. The van der Waals surface area contributed by atoms with E-state index < -0.39 is 0 Å². The molecule has 1 aromatic heterocycles. The first-order valence-corrected chi connectivity index (χ1v) is 9.36. The van der Waals surface area contributed by atoms with Gasteiger partial charge in [0, 0.05) is 61.6 Å². The molecular formula is C21H29N3O3. The van der Waals surface area contributed by atoms with Gasteiger partial charge < -0.3 is 9.47 Å². The molecule has 1 aliphatic rings. The zero-order valence-electron chi connectivity index (χ0n) is 16.9. The molecule has 6 heteroatoms. The number of ether oxygens (including phenoxy) is 2. The van der Waals surface area contributed by atoms with Crippen molar-refractivity contribution in [2.45, 2.75) is 46.2 Å². The van der Waals surface area contributed by atoms with Crippen molar-refractivity contribution < 1.29 is 14.3 Å². The van der Waals surface area contributed by atoms with Crippen molar-refractivity contribution in [2.75, 3.05) is 20.8 Å². The van der Waals surface area contributed by atoms with Gasteiger partial charge in [-0.3, -0.25) is 9.69 Å². The fourth-order valence-electron chi connectivity index (χ4n) is 3.16. The van der Waals surface area contributed by atoms with Crippen LogP contribution in [0.2, 0.25) is 0 Å². The van der Waals surface area contributed by atoms with Gasteiger partial charge in [0.15, 0.2) is 0 Å². The van der Waals surface area contributed by atoms with Gasteiger partial charge in [0.2, 0.25) is 0 Å². The molecule has 0 aliphatic carbocycles. The highest BCUT2D eigenvalue weighted by Crippen LogP contribution is 2.33. The largest absolute Gasteiger partial charge is 0.497 e. The van der Waals surface area contributed by atoms with E-state index in [0.29, 0.717) is 25.9 Å². The lowest BCUT2D eigenvalue weighted by Crippen LogP contribution is -2.36. The molecule has 1 aliphatic heterocycles. The Balaban J connectivity index is 0.00000126. The van der Waals surface area contributed by atoms with Crippen LogP contribution in [-0.2, 0) is 11.3 Å². The Morgan fingerprint density at radius 2 is 1.85 bits per heavy atom. The topological polar surface area (TPSA) is 64.5 Å². The molecule has 146 valence electrons. The Kier molecular flexibility index (Phi) is 7.73. The minimum Gasteiger partial charge on any atom is -0.497 e. The summed E-state index contributed by atoms with van der Waals surface area (Å²) < 4.78 is 10.8. The third-order valence-corrected chi connectivity index (χ3v) is 4.59. The molecule has 27 heavy (non-hydrogen) atoms. The summed E-state index contributed by atoms with van der Waals surface area (Å²) in [6, 6.07) is 5.82. The molecule has 1 atom stereocenters. The predicted molar refractivity (Wildman–Crippen MR) is 105 cm³/mol. The third kappa shape index (κ3) is 5.26. The van der Waals surface area contributed by atoms with Gasteiger partial charge in [0.1, 0.15) is 23.1 Å². The van der Waals surface area contributed by atoms with Gasteiger partial charge in [-0.2, -0.15) is 0 Å². The highest BCUT2D eigenvalue weighted by Gasteiger charge is 2.29. The SMILES string of the molecule is CC.COc1ccc(CN2CCC(=O)CC2c2cnc(C)nc2)c(OC)c1. The van der Waals surface area contributed by atoms with E-state index in [1.54, 1.807) is 14.2 Å². The summed E-state index contributed by atoms with van der Waals surface area (Å²) in [4.78, 5) is 22.9. The van der Waals surface area contributed by atoms with Crippen LogP contribution < -0.4 is 9.47 Å². The average Bonchev–Trinajstić information content (AvgIpc) is 2.71. The second-order valence-electron chi connectivity index (χ2n) is 6.22. The first-order valence-electron chi connectivity index (χ1n) is 9.36. The van der Waals surface area contributed by atoms with Gasteiger partial charge in [0.05, 0.1) is 14.2 Å². The van der Waals surface area contributed by atoms with Crippen LogP contribution in [0.3, 0.4) is 0 Å². The molecule has 0 bridgehead atoms. The van der Waals surface area contributed by atoms with E-state index in [-0.39, 0.29) is 11.8 Å². The van der Waals surface area contributed by atoms with Crippen LogP contribution >= 0.6 is 0 Å². The number of methoxy groups -OCH3 is 2. The number of hydrogen-bond acceptors (Lipinski definition) is 6. The molecule has 0 amide bonds. The number of nitrogens with zero attached hydrogens (tertiary/aromatic N) is 3. The molecular weight excluding hydrogens is 342 g/mol. The van der Waals surface area contributed by atoms with Gasteiger partial charge >= 0.3 is 0 Å². The summed E-state index contributed by atoms with van der Waals surface area (Å²) in [7, 11) is 3.29. The minimum atomic E-state index is -0.00587. The molecule has 0 spiro atoms. The first kappa shape index (κ1) is 20.8. The summed E-state index contributed by atoms with van der Waals surface area (Å²) >= 11 is 0. The van der Waals surface area contributed by atoms with Gasteiger partial charge in [-0.1, -0.05) is 19.9 Å². The number of aromatic nitrogens is 2. The predicted octanol–water partition coefficient (Wildman–Crippen LogP) is 3.73. The zero-order chi connectivity index (χ0) is 19.8. The zero-order valence-corrected chi connectivity index (χ0v) is 16.9. The Bertz CT molecular complexity index is 747. The highest BCUT2D eigenvalue weighted by molar-refractivity contribution is 5.80. The average molecular weight is 371 g/mol. The summed E-state index contributed by atoms with van der Waals surface area (Å²) in [6.07, 6.45) is 4.71. The van der Waals surface area contributed by atoms with Crippen molar-refractivity contribution in [2.24, 2.45) is 0 Å². The van der Waals surface area contributed by atoms with E-state index >= 15 is 0 Å². The maximum atomic E-state index is 12.0. The molecule has 2 aromatic rings. The Labute approximate surface area is 161 Å². The van der Waals surface area contributed by atoms with E-state index in [1.807, 2.05) is 51.4 Å². The van der Waals surface area contributed by atoms with E-state index in [0.717, 1.165) is 28.5 Å². The van der Waals surface area contributed by atoms with Crippen LogP contribution in [0.15, 0.2) is 30.6 Å². The normalized spacial score (nSPS) is 17.1. The van der Waals surface area contributed by atoms with Gasteiger partial charge in [-0.25, -0.2) is 9.97 Å². The van der Waals surface area contributed by atoms with E-state index in [9.17, 15) is 4.79 Å². The number of benzene rings is 1. The van der Waals surface area contributed by atoms with Crippen LogP contribution in [0.25, 0.3) is 0 Å². The number of aryl methyl sites for hydroxylation is 1. The van der Waals surface area contributed by atoms with Gasteiger partial charge in [-0.05, 0) is 13.0 Å². The Hall–Kier alpha value is -2.47. The van der Waals surface area contributed by atoms with Crippen molar-refractivity contribution in [1.29, 1.82) is 0 Å². The molecule has 1 unspecified atom stereocenters. The Morgan fingerprint density at radius 3 is 2.48 bits per heavy atom. The first-order chi connectivity index (χ1) is 13.1. The number of carbonyl (C=O) groups excluding carboxylic acids is 1. The maximum absolute atomic E-state index is 12.0. The van der Waals surface area contributed by atoms with Gasteiger partial charge in [-0.15, -0.1) is 0 Å². The van der Waals surface area contributed by atoms with Crippen LogP contribution in [0.4, 0.5) is 0 Å². The van der Waals surface area contributed by atoms with Crippen molar-refractivity contribution >= 4 is 5.78 Å². The standard InChI is InChI=1S/C19H23N3O3.C2H6/c1-13-20-10-15(11-21-13)18-8-16(23)6-7-22(18)12-14-4-5-17(24-2)9-19(14)25-3;1-2/h4-5,9-11,18H,6-8,12H2,1-3H3;1-2H3. The lowest BCUT2D eigenvalue weighted by molar-refractivity contribution is -0.123. The monoisotopic (exact) mass is 371 g/mol. The number of Topliss-reactive ketones (excluding diaryl/α,β-unsaturated/α-hetero) is 1. The second-order valence-corrected chi connectivity index (χ2v) is 6.22. The lowest BCUT2D eigenvalue weighted by atomic mass is 9.95. The van der Waals surface area contributed by atoms with Crippen LogP contribution in [0, 0.1) is 6.92 Å². The molecule has 6 nitrogen and oxygen atoms in total. The molecule has 0 N–H and O–H groups in total. The number of hydrogen-bond donors (Lipinski definition) is 0. The molecule has 1 saturated heterocycles. The third-order valence-electron chi connectivity index (χ3n) is 4.59. The summed E-state index contributed by atoms with van der Waals surface area (Å²) in [5, 5.41) is 0. The molecule has 3 rings (SSSR count). The molecule has 0 radical (unpaired) electrons. The van der Waals surface area contributed by atoms with Gasteiger partial charge in [0.25, 0.3) is 0 Å². The maximum Gasteiger partial charge on any atom is 0.136 e.